The Balaban J connectivity index is 0.964. The zero-order valence-electron chi connectivity index (χ0n) is 38.5. The number of hydrogen-bond acceptors (Lipinski definition) is 4. The van der Waals surface area contributed by atoms with Gasteiger partial charge in [-0.25, -0.2) is 0 Å². The molecule has 0 fully saturated rings. The van der Waals surface area contributed by atoms with Gasteiger partial charge in [0.25, 0.3) is 0 Å². The summed E-state index contributed by atoms with van der Waals surface area (Å²) in [4.78, 5) is 4.97. The van der Waals surface area contributed by atoms with Gasteiger partial charge in [0, 0.05) is 53.7 Å². The van der Waals surface area contributed by atoms with Gasteiger partial charge in [-0.1, -0.05) is 170 Å². The van der Waals surface area contributed by atoms with Crippen molar-refractivity contribution in [1.29, 1.82) is 0 Å². The molecule has 12 aromatic rings. The second-order valence-electron chi connectivity index (χ2n) is 17.9. The molecule has 12 rings (SSSR count). The van der Waals surface area contributed by atoms with Crippen molar-refractivity contribution in [2.24, 2.45) is 0 Å². The predicted molar refractivity (Wildman–Crippen MR) is 297 cm³/mol. The Morgan fingerprint density at radius 3 is 0.985 bits per heavy atom. The molecule has 0 spiro atoms. The van der Waals surface area contributed by atoms with E-state index in [4.69, 9.17) is 0 Å². The first-order valence-corrected chi connectivity index (χ1v) is 25.0. The average molecular weight is 909 g/mol. The van der Waals surface area contributed by atoms with Crippen LogP contribution in [0.4, 0.5) is 34.1 Å². The van der Waals surface area contributed by atoms with Gasteiger partial charge < -0.3 is 9.80 Å². The lowest BCUT2D eigenvalue weighted by Gasteiger charge is -2.30. The first kappa shape index (κ1) is 41.7. The molecule has 2 aromatic heterocycles. The van der Waals surface area contributed by atoms with E-state index in [1.165, 1.54) is 130 Å². The van der Waals surface area contributed by atoms with Gasteiger partial charge in [-0.3, -0.25) is 0 Å². The number of para-hydroxylation sites is 2. The number of thiophene rings is 2. The molecule has 0 bridgehead atoms. The second-order valence-corrected chi connectivity index (χ2v) is 19.9. The number of nitrogens with zero attached hydrogens (tertiary/aromatic N) is 2. The van der Waals surface area contributed by atoms with Gasteiger partial charge >= 0.3 is 0 Å². The highest BCUT2D eigenvalue weighted by atomic mass is 32.1. The van der Waals surface area contributed by atoms with Gasteiger partial charge in [0.2, 0.25) is 0 Å². The Labute approximate surface area is 406 Å². The summed E-state index contributed by atoms with van der Waals surface area (Å²) in [5.74, 6) is 0. The van der Waals surface area contributed by atoms with E-state index in [0.29, 0.717) is 0 Å². The van der Waals surface area contributed by atoms with E-state index in [0.717, 1.165) is 0 Å². The van der Waals surface area contributed by atoms with Crippen molar-refractivity contribution in [3.8, 4) is 33.4 Å². The molecule has 0 aliphatic rings. The van der Waals surface area contributed by atoms with Crippen molar-refractivity contribution in [1.82, 2.24) is 0 Å². The maximum atomic E-state index is 2.49. The lowest BCUT2D eigenvalue weighted by molar-refractivity contribution is 1.23. The molecular weight excluding hydrogens is 861 g/mol. The zero-order valence-corrected chi connectivity index (χ0v) is 40.1. The molecule has 2 nitrogen and oxygen atoms in total. The molecule has 0 aliphatic heterocycles. The standard InChI is InChI=1S/C64H48N2S2/c1-41-19-11-13-31-55(41)65(59-33-17-29-53-51-27-15-25-49(61(51)67-63(53)59)45-21-7-5-8-22-45)57-37-35-47(39-43(57)3)48-36-38-58(44(4)40-48)66(56-32-14-12-20-42(56)2)60-34-18-30-54-52-28-16-26-50(62(52)68-64(54)60)46-23-9-6-10-24-46/h5-40H,1-4H3. The Hall–Kier alpha value is -7.76. The summed E-state index contributed by atoms with van der Waals surface area (Å²) >= 11 is 3.80. The van der Waals surface area contributed by atoms with Crippen molar-refractivity contribution in [3.05, 3.63) is 241 Å². The summed E-state index contributed by atoms with van der Waals surface area (Å²) in [7, 11) is 0. The molecule has 4 heteroatoms. The van der Waals surface area contributed by atoms with Crippen LogP contribution in [0.2, 0.25) is 0 Å². The van der Waals surface area contributed by atoms with E-state index < -0.39 is 0 Å². The van der Waals surface area contributed by atoms with Crippen molar-refractivity contribution < 1.29 is 0 Å². The van der Waals surface area contributed by atoms with Gasteiger partial charge in [-0.05, 0) is 132 Å². The lowest BCUT2D eigenvalue weighted by Crippen LogP contribution is -2.13. The Kier molecular flexibility index (Phi) is 10.5. The smallest absolute Gasteiger partial charge is 0.0640 e. The summed E-state index contributed by atoms with van der Waals surface area (Å²) in [5.41, 5.74) is 19.4. The molecule has 0 aliphatic carbocycles. The second kappa shape index (κ2) is 17.2. The quantitative estimate of drug-likeness (QED) is 0.142. The SMILES string of the molecule is Cc1ccccc1N(c1ccc(-c2ccc(N(c3ccccc3C)c3cccc4c3sc3c(-c5ccccc5)cccc34)c(C)c2)cc1C)c1cccc2c1sc1c(-c3ccccc3)cccc12. The molecule has 0 saturated heterocycles. The number of hydrogen-bond donors (Lipinski definition) is 0. The van der Waals surface area contributed by atoms with Crippen LogP contribution < -0.4 is 9.80 Å². The van der Waals surface area contributed by atoms with Crippen LogP contribution >= 0.6 is 22.7 Å². The Bertz CT molecular complexity index is 3610. The monoisotopic (exact) mass is 908 g/mol. The Morgan fingerprint density at radius 1 is 0.250 bits per heavy atom. The third-order valence-corrected chi connectivity index (χ3v) is 16.1. The highest BCUT2D eigenvalue weighted by Crippen LogP contribution is 2.50. The topological polar surface area (TPSA) is 6.48 Å². The summed E-state index contributed by atoms with van der Waals surface area (Å²) < 4.78 is 5.20. The third kappa shape index (κ3) is 7.07. The molecule has 0 amide bonds. The highest BCUT2D eigenvalue weighted by molar-refractivity contribution is 7.27. The van der Waals surface area contributed by atoms with Crippen LogP contribution in [0.5, 0.6) is 0 Å². The molecule has 0 N–H and O–H groups in total. The number of aryl methyl sites for hydroxylation is 4. The first-order valence-electron chi connectivity index (χ1n) is 23.3. The molecular formula is C64H48N2S2. The van der Waals surface area contributed by atoms with Gasteiger partial charge in [0.1, 0.15) is 0 Å². The number of benzene rings is 10. The number of anilines is 6. The molecule has 326 valence electrons. The predicted octanol–water partition coefficient (Wildman–Crippen LogP) is 19.6. The van der Waals surface area contributed by atoms with Gasteiger partial charge in [0.15, 0.2) is 0 Å². The van der Waals surface area contributed by atoms with Crippen LogP contribution in [0.25, 0.3) is 73.7 Å². The molecule has 0 radical (unpaired) electrons. The van der Waals surface area contributed by atoms with Gasteiger partial charge in [-0.15, -0.1) is 22.7 Å². The molecule has 2 heterocycles. The summed E-state index contributed by atoms with van der Waals surface area (Å²) in [6.07, 6.45) is 0. The number of fused-ring (bicyclic) bond motifs is 6. The minimum Gasteiger partial charge on any atom is -0.309 e. The fraction of sp³-hybridized carbons (Fsp3) is 0.0625. The minimum atomic E-state index is 1.17. The van der Waals surface area contributed by atoms with E-state index in [1.54, 1.807) is 0 Å². The summed E-state index contributed by atoms with van der Waals surface area (Å²) in [5, 5.41) is 5.15. The lowest BCUT2D eigenvalue weighted by atomic mass is 9.98. The van der Waals surface area contributed by atoms with Crippen molar-refractivity contribution in [3.63, 3.8) is 0 Å². The molecule has 0 saturated carbocycles. The largest absolute Gasteiger partial charge is 0.309 e. The molecule has 68 heavy (non-hydrogen) atoms. The average Bonchev–Trinajstić information content (AvgIpc) is 3.96. The third-order valence-electron chi connectivity index (χ3n) is 13.6. The van der Waals surface area contributed by atoms with E-state index in [-0.39, 0.29) is 0 Å². The van der Waals surface area contributed by atoms with Crippen LogP contribution in [0.1, 0.15) is 22.3 Å². The Morgan fingerprint density at radius 2 is 0.588 bits per heavy atom. The zero-order chi connectivity index (χ0) is 45.9. The molecule has 0 atom stereocenters. The summed E-state index contributed by atoms with van der Waals surface area (Å²) in [6, 6.07) is 80.2. The van der Waals surface area contributed by atoms with E-state index in [9.17, 15) is 0 Å². The minimum absolute atomic E-state index is 1.17. The molecule has 10 aromatic carbocycles. The van der Waals surface area contributed by atoms with Crippen LogP contribution in [0.15, 0.2) is 218 Å². The highest BCUT2D eigenvalue weighted by Gasteiger charge is 2.24. The van der Waals surface area contributed by atoms with Crippen LogP contribution in [-0.4, -0.2) is 0 Å². The van der Waals surface area contributed by atoms with E-state index in [2.05, 4.69) is 256 Å². The van der Waals surface area contributed by atoms with E-state index in [1.807, 2.05) is 22.7 Å². The van der Waals surface area contributed by atoms with Crippen molar-refractivity contribution in [2.45, 2.75) is 27.7 Å². The summed E-state index contributed by atoms with van der Waals surface area (Å²) in [6.45, 7) is 8.97. The van der Waals surface area contributed by atoms with Crippen LogP contribution in [0.3, 0.4) is 0 Å². The van der Waals surface area contributed by atoms with Crippen LogP contribution in [0, 0.1) is 27.7 Å². The van der Waals surface area contributed by atoms with Crippen LogP contribution in [-0.2, 0) is 0 Å². The van der Waals surface area contributed by atoms with Crippen molar-refractivity contribution in [2.75, 3.05) is 9.80 Å². The fourth-order valence-corrected chi connectivity index (χ4v) is 12.9. The fourth-order valence-electron chi connectivity index (χ4n) is 10.2. The van der Waals surface area contributed by atoms with E-state index >= 15 is 0 Å². The first-order chi connectivity index (χ1) is 33.4. The van der Waals surface area contributed by atoms with Gasteiger partial charge in [0.05, 0.1) is 20.8 Å². The maximum absolute atomic E-state index is 2.49. The molecule has 0 unspecified atom stereocenters. The maximum Gasteiger partial charge on any atom is 0.0640 e. The van der Waals surface area contributed by atoms with Gasteiger partial charge in [-0.2, -0.15) is 0 Å². The van der Waals surface area contributed by atoms with Crippen molar-refractivity contribution >= 4 is 97.1 Å². The normalized spacial score (nSPS) is 11.5. The number of rotatable bonds is 9.